The molecule has 3 nitrogen and oxygen atoms in total. The van der Waals surface area contributed by atoms with Crippen LogP contribution in [0.1, 0.15) is 43.0 Å². The van der Waals surface area contributed by atoms with Crippen LogP contribution >= 0.6 is 0 Å². The van der Waals surface area contributed by atoms with Crippen molar-refractivity contribution in [2.24, 2.45) is 5.92 Å². The predicted molar refractivity (Wildman–Crippen MR) is 62.4 cm³/mol. The fourth-order valence-corrected chi connectivity index (χ4v) is 2.09. The minimum atomic E-state index is -0.00137. The first kappa shape index (κ1) is 11.4. The second-order valence-corrected chi connectivity index (χ2v) is 4.78. The van der Waals surface area contributed by atoms with Crippen LogP contribution < -0.4 is 0 Å². The Hall–Kier alpha value is -1.09. The highest BCUT2D eigenvalue weighted by atomic mass is 16.3. The normalized spacial score (nSPS) is 18.9. The molecule has 0 N–H and O–H groups in total. The molecule has 1 aliphatic rings. The summed E-state index contributed by atoms with van der Waals surface area (Å²) in [6, 6.07) is 3.68. The van der Waals surface area contributed by atoms with E-state index in [2.05, 4.69) is 11.8 Å². The zero-order chi connectivity index (χ0) is 11.5. The minimum Gasteiger partial charge on any atom is -0.457 e. The van der Waals surface area contributed by atoms with Crippen molar-refractivity contribution in [2.75, 3.05) is 13.1 Å². The third-order valence-electron chi connectivity index (χ3n) is 3.26. The van der Waals surface area contributed by atoms with Crippen molar-refractivity contribution in [1.29, 1.82) is 0 Å². The minimum absolute atomic E-state index is 0.00137. The number of hydrogen-bond donors (Lipinski definition) is 0. The summed E-state index contributed by atoms with van der Waals surface area (Å²) in [5.41, 5.74) is 0. The topological polar surface area (TPSA) is 33.5 Å². The van der Waals surface area contributed by atoms with E-state index in [0.29, 0.717) is 5.76 Å². The van der Waals surface area contributed by atoms with Crippen molar-refractivity contribution in [3.8, 4) is 0 Å². The van der Waals surface area contributed by atoms with Gasteiger partial charge in [-0.15, -0.1) is 0 Å². The molecular weight excluding hydrogens is 202 g/mol. The Balaban J connectivity index is 1.91. The van der Waals surface area contributed by atoms with E-state index in [1.807, 2.05) is 6.07 Å². The molecule has 2 heterocycles. The Morgan fingerprint density at radius 3 is 2.69 bits per heavy atom. The second-order valence-electron chi connectivity index (χ2n) is 4.78. The largest absolute Gasteiger partial charge is 0.457 e. The maximum absolute atomic E-state index is 11.1. The van der Waals surface area contributed by atoms with E-state index in [1.54, 1.807) is 6.07 Å². The zero-order valence-corrected chi connectivity index (χ0v) is 10.0. The van der Waals surface area contributed by atoms with E-state index in [-0.39, 0.29) is 5.78 Å². The van der Waals surface area contributed by atoms with Gasteiger partial charge in [0.15, 0.2) is 11.5 Å². The van der Waals surface area contributed by atoms with Gasteiger partial charge in [0.05, 0.1) is 6.54 Å². The average molecular weight is 221 g/mol. The number of likely N-dealkylation sites (tertiary alicyclic amines) is 1. The fraction of sp³-hybridized carbons (Fsp3) is 0.615. The number of furan rings is 1. The van der Waals surface area contributed by atoms with Gasteiger partial charge in [0.25, 0.3) is 0 Å². The number of piperidine rings is 1. The summed E-state index contributed by atoms with van der Waals surface area (Å²) in [5.74, 6) is 2.22. The first-order valence-electron chi connectivity index (χ1n) is 5.97. The monoisotopic (exact) mass is 221 g/mol. The molecule has 1 fully saturated rings. The molecule has 0 bridgehead atoms. The van der Waals surface area contributed by atoms with Crippen molar-refractivity contribution < 1.29 is 9.21 Å². The quantitative estimate of drug-likeness (QED) is 0.736. The van der Waals surface area contributed by atoms with Crippen LogP contribution in [0.5, 0.6) is 0 Å². The molecule has 1 aromatic heterocycles. The molecule has 0 amide bonds. The summed E-state index contributed by atoms with van der Waals surface area (Å²) in [6.07, 6.45) is 2.53. The van der Waals surface area contributed by atoms with E-state index < -0.39 is 0 Å². The Bertz CT molecular complexity index is 362. The number of carbonyl (C=O) groups is 1. The summed E-state index contributed by atoms with van der Waals surface area (Å²) >= 11 is 0. The molecule has 16 heavy (non-hydrogen) atoms. The third-order valence-corrected chi connectivity index (χ3v) is 3.26. The van der Waals surface area contributed by atoms with Gasteiger partial charge in [0.2, 0.25) is 0 Å². The highest BCUT2D eigenvalue weighted by molar-refractivity contribution is 5.91. The van der Waals surface area contributed by atoms with Gasteiger partial charge in [-0.1, -0.05) is 6.92 Å². The number of carbonyl (C=O) groups excluding carboxylic acids is 1. The van der Waals surface area contributed by atoms with Gasteiger partial charge < -0.3 is 4.42 Å². The van der Waals surface area contributed by atoms with E-state index >= 15 is 0 Å². The number of hydrogen-bond acceptors (Lipinski definition) is 3. The van der Waals surface area contributed by atoms with Gasteiger partial charge >= 0.3 is 0 Å². The highest BCUT2D eigenvalue weighted by Gasteiger charge is 2.17. The van der Waals surface area contributed by atoms with Crippen molar-refractivity contribution in [2.45, 2.75) is 33.2 Å². The molecule has 2 rings (SSSR count). The molecule has 0 aromatic carbocycles. The van der Waals surface area contributed by atoms with Crippen LogP contribution in [0, 0.1) is 5.92 Å². The maximum atomic E-state index is 11.1. The van der Waals surface area contributed by atoms with Crippen molar-refractivity contribution >= 4 is 5.78 Å². The molecule has 1 aromatic rings. The summed E-state index contributed by atoms with van der Waals surface area (Å²) < 4.78 is 5.48. The number of Topliss-reactive ketones (excluding diaryl/α,β-unsaturated/α-hetero) is 1. The Kier molecular flexibility index (Phi) is 3.44. The molecular formula is C13H19NO2. The van der Waals surface area contributed by atoms with Crippen LogP contribution in [0.3, 0.4) is 0 Å². The Morgan fingerprint density at radius 1 is 1.44 bits per heavy atom. The first-order chi connectivity index (χ1) is 7.65. The molecule has 0 aliphatic carbocycles. The van der Waals surface area contributed by atoms with E-state index in [1.165, 1.54) is 19.8 Å². The molecule has 0 radical (unpaired) electrons. The van der Waals surface area contributed by atoms with Crippen LogP contribution in [-0.4, -0.2) is 23.8 Å². The standard InChI is InChI=1S/C13H19NO2/c1-10-5-7-14(8-6-10)9-12-3-4-13(16-12)11(2)15/h3-4,10H,5-9H2,1-2H3. The molecule has 3 heteroatoms. The molecule has 1 aliphatic heterocycles. The lowest BCUT2D eigenvalue weighted by atomic mass is 9.99. The fourth-order valence-electron chi connectivity index (χ4n) is 2.09. The van der Waals surface area contributed by atoms with Crippen LogP contribution in [0.25, 0.3) is 0 Å². The number of rotatable bonds is 3. The molecule has 0 atom stereocenters. The molecule has 88 valence electrons. The summed E-state index contributed by atoms with van der Waals surface area (Å²) in [7, 11) is 0. The van der Waals surface area contributed by atoms with Crippen LogP contribution in [0.4, 0.5) is 0 Å². The van der Waals surface area contributed by atoms with E-state index in [0.717, 1.165) is 31.3 Å². The van der Waals surface area contributed by atoms with Crippen LogP contribution in [0.15, 0.2) is 16.5 Å². The zero-order valence-electron chi connectivity index (χ0n) is 10.0. The maximum Gasteiger partial charge on any atom is 0.194 e. The van der Waals surface area contributed by atoms with Crippen molar-refractivity contribution in [1.82, 2.24) is 4.90 Å². The van der Waals surface area contributed by atoms with Gasteiger partial charge in [-0.2, -0.15) is 0 Å². The molecule has 0 spiro atoms. The molecule has 0 saturated carbocycles. The van der Waals surface area contributed by atoms with Gasteiger partial charge in [0.1, 0.15) is 5.76 Å². The van der Waals surface area contributed by atoms with Crippen molar-refractivity contribution in [3.63, 3.8) is 0 Å². The first-order valence-corrected chi connectivity index (χ1v) is 5.97. The smallest absolute Gasteiger partial charge is 0.194 e. The van der Waals surface area contributed by atoms with Crippen LogP contribution in [0.2, 0.25) is 0 Å². The number of nitrogens with zero attached hydrogens (tertiary/aromatic N) is 1. The third kappa shape index (κ3) is 2.73. The Morgan fingerprint density at radius 2 is 2.12 bits per heavy atom. The lowest BCUT2D eigenvalue weighted by Gasteiger charge is -2.29. The predicted octanol–water partition coefficient (Wildman–Crippen LogP) is 2.71. The average Bonchev–Trinajstić information content (AvgIpc) is 2.70. The van der Waals surface area contributed by atoms with Crippen LogP contribution in [-0.2, 0) is 6.54 Å². The van der Waals surface area contributed by atoms with Gasteiger partial charge in [0, 0.05) is 6.92 Å². The van der Waals surface area contributed by atoms with Gasteiger partial charge in [-0.05, 0) is 44.0 Å². The summed E-state index contributed by atoms with van der Waals surface area (Å²) in [6.45, 7) is 6.94. The van der Waals surface area contributed by atoms with Gasteiger partial charge in [-0.3, -0.25) is 9.69 Å². The van der Waals surface area contributed by atoms with Crippen molar-refractivity contribution in [3.05, 3.63) is 23.7 Å². The SMILES string of the molecule is CC(=O)c1ccc(CN2CCC(C)CC2)o1. The van der Waals surface area contributed by atoms with E-state index in [9.17, 15) is 4.79 Å². The lowest BCUT2D eigenvalue weighted by molar-refractivity contribution is 0.0982. The molecule has 0 unspecified atom stereocenters. The number of ketones is 1. The summed E-state index contributed by atoms with van der Waals surface area (Å²) in [4.78, 5) is 13.5. The summed E-state index contributed by atoms with van der Waals surface area (Å²) in [5, 5.41) is 0. The molecule has 1 saturated heterocycles. The van der Waals surface area contributed by atoms with E-state index in [4.69, 9.17) is 4.42 Å². The van der Waals surface area contributed by atoms with Gasteiger partial charge in [-0.25, -0.2) is 0 Å². The highest BCUT2D eigenvalue weighted by Crippen LogP contribution is 2.19. The Labute approximate surface area is 96.4 Å². The lowest BCUT2D eigenvalue weighted by Crippen LogP contribution is -2.32. The second kappa shape index (κ2) is 4.83.